The standard InChI is InChI=1S/C11H11BrN2O5S/c12-9(7-4-2-1-3-5-7)10(15)13-8-6-14(11(8)16)20(17,18)19/h1-5,8-9H,6H2,(H,13,15)(H,17,18,19)/t8-,9?/m0/s1. The zero-order valence-corrected chi connectivity index (χ0v) is 12.5. The van der Waals surface area contributed by atoms with Crippen LogP contribution >= 0.6 is 15.9 Å². The number of nitrogens with zero attached hydrogens (tertiary/aromatic N) is 1. The highest BCUT2D eigenvalue weighted by atomic mass is 79.9. The normalized spacial score (nSPS) is 20.2. The van der Waals surface area contributed by atoms with E-state index < -0.39 is 33.0 Å². The molecule has 1 aliphatic heterocycles. The molecule has 2 amide bonds. The Morgan fingerprint density at radius 3 is 2.50 bits per heavy atom. The molecule has 1 heterocycles. The van der Waals surface area contributed by atoms with Crippen molar-refractivity contribution in [2.45, 2.75) is 10.9 Å². The molecular formula is C11H11BrN2O5S. The summed E-state index contributed by atoms with van der Waals surface area (Å²) < 4.78 is 30.5. The van der Waals surface area contributed by atoms with E-state index in [1.807, 2.05) is 0 Å². The van der Waals surface area contributed by atoms with Crippen molar-refractivity contribution in [2.24, 2.45) is 0 Å². The Morgan fingerprint density at radius 2 is 2.00 bits per heavy atom. The van der Waals surface area contributed by atoms with Crippen molar-refractivity contribution >= 4 is 38.0 Å². The number of hydrogen-bond donors (Lipinski definition) is 2. The number of benzene rings is 1. The lowest BCUT2D eigenvalue weighted by molar-refractivity contribution is -0.140. The van der Waals surface area contributed by atoms with E-state index in [1.165, 1.54) is 0 Å². The fourth-order valence-corrected chi connectivity index (χ4v) is 2.86. The Hall–Kier alpha value is -1.45. The van der Waals surface area contributed by atoms with Crippen LogP contribution in [-0.2, 0) is 19.9 Å². The van der Waals surface area contributed by atoms with Gasteiger partial charge in [0, 0.05) is 0 Å². The average Bonchev–Trinajstić information content (AvgIpc) is 2.41. The average molecular weight is 363 g/mol. The highest BCUT2D eigenvalue weighted by Gasteiger charge is 2.44. The van der Waals surface area contributed by atoms with Crippen molar-refractivity contribution in [2.75, 3.05) is 6.54 Å². The second-order valence-electron chi connectivity index (χ2n) is 4.18. The Morgan fingerprint density at radius 1 is 1.40 bits per heavy atom. The van der Waals surface area contributed by atoms with E-state index in [2.05, 4.69) is 21.2 Å². The number of rotatable bonds is 4. The first-order chi connectivity index (χ1) is 9.30. The molecule has 1 unspecified atom stereocenters. The molecule has 20 heavy (non-hydrogen) atoms. The summed E-state index contributed by atoms with van der Waals surface area (Å²) in [6, 6.07) is 7.89. The van der Waals surface area contributed by atoms with Gasteiger partial charge in [-0.15, -0.1) is 0 Å². The first-order valence-corrected chi connectivity index (χ1v) is 7.90. The van der Waals surface area contributed by atoms with E-state index in [-0.39, 0.29) is 6.54 Å². The molecule has 2 rings (SSSR count). The molecule has 1 saturated heterocycles. The molecule has 0 radical (unpaired) electrons. The molecule has 1 aliphatic rings. The van der Waals surface area contributed by atoms with Crippen LogP contribution in [0.15, 0.2) is 30.3 Å². The van der Waals surface area contributed by atoms with Gasteiger partial charge in [-0.1, -0.05) is 46.3 Å². The molecule has 2 atom stereocenters. The topological polar surface area (TPSA) is 104 Å². The van der Waals surface area contributed by atoms with Gasteiger partial charge in [-0.2, -0.15) is 8.42 Å². The number of β-lactam (4-membered cyclic amide) rings is 1. The summed E-state index contributed by atoms with van der Waals surface area (Å²) in [6.45, 7) is -0.266. The third-order valence-corrected chi connectivity index (χ3v) is 4.64. The predicted octanol–water partition coefficient (Wildman–Crippen LogP) is 0.252. The maximum Gasteiger partial charge on any atom is 0.362 e. The van der Waals surface area contributed by atoms with E-state index in [0.717, 1.165) is 0 Å². The van der Waals surface area contributed by atoms with Gasteiger partial charge in [0.25, 0.3) is 5.91 Å². The lowest BCUT2D eigenvalue weighted by Gasteiger charge is -2.35. The summed E-state index contributed by atoms with van der Waals surface area (Å²) in [6.07, 6.45) is 0. The number of amides is 2. The van der Waals surface area contributed by atoms with Crippen molar-refractivity contribution in [3.8, 4) is 0 Å². The van der Waals surface area contributed by atoms with Gasteiger partial charge in [0.1, 0.15) is 10.9 Å². The van der Waals surface area contributed by atoms with E-state index in [1.54, 1.807) is 30.3 Å². The van der Waals surface area contributed by atoms with E-state index in [0.29, 0.717) is 9.87 Å². The lowest BCUT2D eigenvalue weighted by atomic mass is 10.1. The summed E-state index contributed by atoms with van der Waals surface area (Å²) >= 11 is 3.20. The summed E-state index contributed by atoms with van der Waals surface area (Å²) in [7, 11) is -4.54. The second kappa shape index (κ2) is 5.51. The van der Waals surface area contributed by atoms with Crippen LogP contribution in [0.5, 0.6) is 0 Å². The van der Waals surface area contributed by atoms with Gasteiger partial charge in [0.05, 0.1) is 6.54 Å². The SMILES string of the molecule is O=C(N[C@H]1CN(S(=O)(=O)O)C1=O)C(Br)c1ccccc1. The monoisotopic (exact) mass is 362 g/mol. The van der Waals surface area contributed by atoms with Crippen molar-refractivity contribution in [3.05, 3.63) is 35.9 Å². The van der Waals surface area contributed by atoms with Crippen LogP contribution in [-0.4, -0.2) is 41.7 Å². The molecule has 0 aromatic heterocycles. The van der Waals surface area contributed by atoms with Gasteiger partial charge in [0.2, 0.25) is 5.91 Å². The summed E-state index contributed by atoms with van der Waals surface area (Å²) in [4.78, 5) is 22.7. The van der Waals surface area contributed by atoms with Gasteiger partial charge >= 0.3 is 10.3 Å². The molecule has 0 saturated carbocycles. The number of nitrogens with one attached hydrogen (secondary N) is 1. The number of carbonyl (C=O) groups excluding carboxylic acids is 2. The van der Waals surface area contributed by atoms with E-state index >= 15 is 0 Å². The largest absolute Gasteiger partial charge is 0.362 e. The van der Waals surface area contributed by atoms with E-state index in [4.69, 9.17) is 4.55 Å². The minimum Gasteiger partial charge on any atom is -0.341 e. The molecule has 0 spiro atoms. The van der Waals surface area contributed by atoms with Crippen molar-refractivity contribution < 1.29 is 22.6 Å². The van der Waals surface area contributed by atoms with Crippen LogP contribution < -0.4 is 5.32 Å². The molecule has 9 heteroatoms. The van der Waals surface area contributed by atoms with Gasteiger partial charge in [0.15, 0.2) is 0 Å². The maximum absolute atomic E-state index is 11.9. The van der Waals surface area contributed by atoms with Crippen LogP contribution in [0.1, 0.15) is 10.4 Å². The zero-order valence-electron chi connectivity index (χ0n) is 10.1. The first kappa shape index (κ1) is 14.9. The van der Waals surface area contributed by atoms with Gasteiger partial charge in [-0.3, -0.25) is 14.1 Å². The first-order valence-electron chi connectivity index (χ1n) is 5.59. The summed E-state index contributed by atoms with van der Waals surface area (Å²) in [5.74, 6) is -1.31. The fourth-order valence-electron chi connectivity index (χ4n) is 1.73. The quantitative estimate of drug-likeness (QED) is 0.454. The molecule has 0 bridgehead atoms. The molecule has 108 valence electrons. The third-order valence-electron chi connectivity index (χ3n) is 2.81. The third kappa shape index (κ3) is 3.00. The number of halogens is 1. The molecular weight excluding hydrogens is 352 g/mol. The molecule has 1 aromatic rings. The van der Waals surface area contributed by atoms with Crippen molar-refractivity contribution in [3.63, 3.8) is 0 Å². The van der Waals surface area contributed by atoms with Crippen molar-refractivity contribution in [1.29, 1.82) is 0 Å². The predicted molar refractivity (Wildman–Crippen MR) is 73.3 cm³/mol. The van der Waals surface area contributed by atoms with Crippen LogP contribution in [0.3, 0.4) is 0 Å². The van der Waals surface area contributed by atoms with Crippen molar-refractivity contribution in [1.82, 2.24) is 9.62 Å². The number of hydrogen-bond acceptors (Lipinski definition) is 4. The minimum atomic E-state index is -4.54. The Labute approximate surface area is 124 Å². The van der Waals surface area contributed by atoms with Gasteiger partial charge < -0.3 is 5.32 Å². The number of alkyl halides is 1. The van der Waals surface area contributed by atoms with Gasteiger partial charge in [-0.05, 0) is 5.56 Å². The lowest BCUT2D eigenvalue weighted by Crippen LogP contribution is -2.65. The number of carbonyl (C=O) groups is 2. The molecule has 1 aromatic carbocycles. The summed E-state index contributed by atoms with van der Waals surface area (Å²) in [5, 5.41) is 2.41. The van der Waals surface area contributed by atoms with Crippen LogP contribution in [0, 0.1) is 0 Å². The fraction of sp³-hybridized carbons (Fsp3) is 0.273. The smallest absolute Gasteiger partial charge is 0.341 e. The maximum atomic E-state index is 11.9. The van der Waals surface area contributed by atoms with Gasteiger partial charge in [-0.25, -0.2) is 4.31 Å². The highest BCUT2D eigenvalue weighted by Crippen LogP contribution is 2.23. The molecule has 0 aliphatic carbocycles. The Balaban J connectivity index is 1.96. The second-order valence-corrected chi connectivity index (χ2v) is 6.43. The highest BCUT2D eigenvalue weighted by molar-refractivity contribution is 9.09. The van der Waals surface area contributed by atoms with Crippen LogP contribution in [0.4, 0.5) is 0 Å². The van der Waals surface area contributed by atoms with E-state index in [9.17, 15) is 18.0 Å². The molecule has 7 nitrogen and oxygen atoms in total. The Bertz CT molecular complexity index is 633. The Kier molecular flexibility index (Phi) is 4.11. The zero-order chi connectivity index (χ0) is 14.9. The minimum absolute atomic E-state index is 0.266. The molecule has 2 N–H and O–H groups in total. The van der Waals surface area contributed by atoms with Crippen LogP contribution in [0.25, 0.3) is 0 Å². The molecule has 1 fully saturated rings. The summed E-state index contributed by atoms with van der Waals surface area (Å²) in [5.41, 5.74) is 0.711. The van der Waals surface area contributed by atoms with Crippen LogP contribution in [0.2, 0.25) is 0 Å².